The smallest absolute Gasteiger partial charge is 0.0779 e. The predicted molar refractivity (Wildman–Crippen MR) is 69.8 cm³/mol. The van der Waals surface area contributed by atoms with Crippen LogP contribution in [-0.4, -0.2) is 25.3 Å². The molecule has 0 aliphatic carbocycles. The van der Waals surface area contributed by atoms with Crippen LogP contribution in [0.25, 0.3) is 0 Å². The lowest BCUT2D eigenvalue weighted by Crippen LogP contribution is -2.39. The van der Waals surface area contributed by atoms with E-state index >= 15 is 0 Å². The number of ether oxygens (including phenoxy) is 1. The highest BCUT2D eigenvalue weighted by Gasteiger charge is 2.29. The van der Waals surface area contributed by atoms with Crippen LogP contribution >= 0.6 is 0 Å². The fraction of sp³-hybridized carbons (Fsp3) is 1.00. The number of hydrogen-bond donors (Lipinski definition) is 1. The molecule has 1 rings (SSSR count). The van der Waals surface area contributed by atoms with Crippen molar-refractivity contribution in [3.8, 4) is 0 Å². The molecule has 1 fully saturated rings. The van der Waals surface area contributed by atoms with Gasteiger partial charge in [0.25, 0.3) is 0 Å². The molecule has 2 unspecified atom stereocenters. The summed E-state index contributed by atoms with van der Waals surface area (Å²) in [6.45, 7) is 9.94. The van der Waals surface area contributed by atoms with Gasteiger partial charge in [0.05, 0.1) is 5.60 Å². The van der Waals surface area contributed by atoms with Crippen LogP contribution < -0.4 is 5.32 Å². The summed E-state index contributed by atoms with van der Waals surface area (Å²) in [4.78, 5) is 0. The van der Waals surface area contributed by atoms with Crippen LogP contribution in [0, 0.1) is 5.92 Å². The molecule has 0 aromatic heterocycles. The molecule has 2 nitrogen and oxygen atoms in total. The quantitative estimate of drug-likeness (QED) is 0.686. The number of unbranched alkanes of at least 4 members (excludes halogenated alkanes) is 1. The molecular weight excluding hydrogens is 198 g/mol. The number of nitrogens with one attached hydrogen (secondary N) is 1. The van der Waals surface area contributed by atoms with Crippen LogP contribution in [0.2, 0.25) is 0 Å². The Morgan fingerprint density at radius 3 is 2.75 bits per heavy atom. The molecule has 1 aliphatic heterocycles. The molecular formula is C14H29NO. The lowest BCUT2D eigenvalue weighted by atomic mass is 9.98. The summed E-state index contributed by atoms with van der Waals surface area (Å²) in [5, 5.41) is 3.60. The van der Waals surface area contributed by atoms with Crippen molar-refractivity contribution in [2.75, 3.05) is 19.7 Å². The van der Waals surface area contributed by atoms with Gasteiger partial charge < -0.3 is 10.1 Å². The molecule has 2 atom stereocenters. The third-order valence-electron chi connectivity index (χ3n) is 3.78. The molecule has 0 radical (unpaired) electrons. The van der Waals surface area contributed by atoms with Gasteiger partial charge in [0, 0.05) is 13.2 Å². The van der Waals surface area contributed by atoms with E-state index in [2.05, 4.69) is 26.1 Å². The molecule has 0 amide bonds. The Morgan fingerprint density at radius 1 is 1.38 bits per heavy atom. The van der Waals surface area contributed by atoms with E-state index in [4.69, 9.17) is 4.74 Å². The van der Waals surface area contributed by atoms with Gasteiger partial charge in [0.2, 0.25) is 0 Å². The van der Waals surface area contributed by atoms with Gasteiger partial charge in [-0.25, -0.2) is 0 Å². The molecule has 0 saturated carbocycles. The van der Waals surface area contributed by atoms with E-state index in [0.717, 1.165) is 25.6 Å². The van der Waals surface area contributed by atoms with Gasteiger partial charge in [-0.1, -0.05) is 33.1 Å². The maximum atomic E-state index is 5.77. The molecule has 0 aromatic carbocycles. The minimum atomic E-state index is 0.114. The third-order valence-corrected chi connectivity index (χ3v) is 3.78. The standard InChI is InChI=1S/C14H29NO/c1-4-6-8-13(5-2)11-15-12-14(3)9-7-10-16-14/h13,15H,4-12H2,1-3H3. The normalized spacial score (nSPS) is 27.2. The van der Waals surface area contributed by atoms with E-state index in [1.54, 1.807) is 0 Å². The Kier molecular flexibility index (Phi) is 6.37. The lowest BCUT2D eigenvalue weighted by Gasteiger charge is -2.25. The molecule has 16 heavy (non-hydrogen) atoms. The van der Waals surface area contributed by atoms with Crippen LogP contribution in [0.1, 0.15) is 59.3 Å². The Hall–Kier alpha value is -0.0800. The fourth-order valence-electron chi connectivity index (χ4n) is 2.46. The van der Waals surface area contributed by atoms with Crippen LogP contribution in [0.3, 0.4) is 0 Å². The van der Waals surface area contributed by atoms with Crippen molar-refractivity contribution in [1.82, 2.24) is 5.32 Å². The molecule has 1 saturated heterocycles. The Bertz CT molecular complexity index is 176. The molecule has 2 heteroatoms. The first kappa shape index (κ1) is 14.0. The molecule has 0 spiro atoms. The highest BCUT2D eigenvalue weighted by molar-refractivity contribution is 4.82. The van der Waals surface area contributed by atoms with E-state index in [-0.39, 0.29) is 5.60 Å². The third kappa shape index (κ3) is 4.84. The van der Waals surface area contributed by atoms with Gasteiger partial charge >= 0.3 is 0 Å². The topological polar surface area (TPSA) is 21.3 Å². The monoisotopic (exact) mass is 227 g/mol. The van der Waals surface area contributed by atoms with Crippen molar-refractivity contribution in [3.63, 3.8) is 0 Å². The molecule has 0 bridgehead atoms. The Labute approximate surface area is 101 Å². The second-order valence-electron chi connectivity index (χ2n) is 5.45. The Morgan fingerprint density at radius 2 is 2.19 bits per heavy atom. The summed E-state index contributed by atoms with van der Waals surface area (Å²) < 4.78 is 5.77. The predicted octanol–water partition coefficient (Wildman–Crippen LogP) is 3.36. The van der Waals surface area contributed by atoms with Gasteiger partial charge in [-0.2, -0.15) is 0 Å². The van der Waals surface area contributed by atoms with E-state index < -0.39 is 0 Å². The summed E-state index contributed by atoms with van der Waals surface area (Å²) in [7, 11) is 0. The van der Waals surface area contributed by atoms with Crippen molar-refractivity contribution in [3.05, 3.63) is 0 Å². The van der Waals surface area contributed by atoms with Crippen LogP contribution in [0.4, 0.5) is 0 Å². The summed E-state index contributed by atoms with van der Waals surface area (Å²) >= 11 is 0. The number of rotatable bonds is 8. The minimum Gasteiger partial charge on any atom is -0.374 e. The van der Waals surface area contributed by atoms with E-state index in [1.807, 2.05) is 0 Å². The van der Waals surface area contributed by atoms with Crippen molar-refractivity contribution in [1.29, 1.82) is 0 Å². The largest absolute Gasteiger partial charge is 0.374 e. The van der Waals surface area contributed by atoms with Crippen molar-refractivity contribution < 1.29 is 4.74 Å². The summed E-state index contributed by atoms with van der Waals surface area (Å²) in [6, 6.07) is 0. The fourth-order valence-corrected chi connectivity index (χ4v) is 2.46. The molecule has 0 aromatic rings. The average molecular weight is 227 g/mol. The van der Waals surface area contributed by atoms with E-state index in [0.29, 0.717) is 0 Å². The zero-order valence-electron chi connectivity index (χ0n) is 11.3. The van der Waals surface area contributed by atoms with Gasteiger partial charge in [-0.3, -0.25) is 0 Å². The second-order valence-corrected chi connectivity index (χ2v) is 5.45. The SMILES string of the molecule is CCCCC(CC)CNCC1(C)CCCO1. The first-order chi connectivity index (χ1) is 7.70. The van der Waals surface area contributed by atoms with Crippen LogP contribution in [0.15, 0.2) is 0 Å². The zero-order valence-corrected chi connectivity index (χ0v) is 11.3. The highest BCUT2D eigenvalue weighted by atomic mass is 16.5. The van der Waals surface area contributed by atoms with Gasteiger partial charge in [0.15, 0.2) is 0 Å². The van der Waals surface area contributed by atoms with Gasteiger partial charge in [-0.05, 0) is 38.6 Å². The average Bonchev–Trinajstić information content (AvgIpc) is 2.70. The van der Waals surface area contributed by atoms with Crippen LogP contribution in [-0.2, 0) is 4.74 Å². The lowest BCUT2D eigenvalue weighted by molar-refractivity contribution is 0.0202. The van der Waals surface area contributed by atoms with Crippen molar-refractivity contribution in [2.24, 2.45) is 5.92 Å². The zero-order chi connectivity index (χ0) is 11.9. The van der Waals surface area contributed by atoms with E-state index in [9.17, 15) is 0 Å². The first-order valence-electron chi connectivity index (χ1n) is 7.05. The maximum absolute atomic E-state index is 5.77. The maximum Gasteiger partial charge on any atom is 0.0779 e. The highest BCUT2D eigenvalue weighted by Crippen LogP contribution is 2.24. The summed E-state index contributed by atoms with van der Waals surface area (Å²) in [5.74, 6) is 0.852. The minimum absolute atomic E-state index is 0.114. The second kappa shape index (κ2) is 7.29. The van der Waals surface area contributed by atoms with Crippen LogP contribution in [0.5, 0.6) is 0 Å². The summed E-state index contributed by atoms with van der Waals surface area (Å²) in [6.07, 6.45) is 7.80. The number of hydrogen-bond acceptors (Lipinski definition) is 2. The summed E-state index contributed by atoms with van der Waals surface area (Å²) in [5.41, 5.74) is 0.114. The van der Waals surface area contributed by atoms with Crippen molar-refractivity contribution >= 4 is 0 Å². The molecule has 96 valence electrons. The Balaban J connectivity index is 2.12. The molecule has 1 aliphatic rings. The molecule has 1 N–H and O–H groups in total. The molecule has 1 heterocycles. The van der Waals surface area contributed by atoms with E-state index in [1.165, 1.54) is 38.5 Å². The van der Waals surface area contributed by atoms with Gasteiger partial charge in [0.1, 0.15) is 0 Å². The van der Waals surface area contributed by atoms with Crippen molar-refractivity contribution in [2.45, 2.75) is 64.9 Å². The van der Waals surface area contributed by atoms with Gasteiger partial charge in [-0.15, -0.1) is 0 Å². The first-order valence-corrected chi connectivity index (χ1v) is 7.05.